The van der Waals surface area contributed by atoms with Gasteiger partial charge in [-0.15, -0.1) is 0 Å². The Morgan fingerprint density at radius 3 is 2.52 bits per heavy atom. The fraction of sp³-hybridized carbons (Fsp3) is 0.652. The zero-order chi connectivity index (χ0) is 20.5. The van der Waals surface area contributed by atoms with Crippen LogP contribution in [0.3, 0.4) is 0 Å². The van der Waals surface area contributed by atoms with Crippen LogP contribution in [0.15, 0.2) is 35.3 Å². The standard InChI is InChI=1S/C23H37N5O/c1-2-25-22(27-18-23(12-13-23)20-8-4-3-5-9-20)26-14-6-7-15-28-16-10-19(11-17-28)21(24)29/h3-5,8-9,19H,2,6-7,10-18H2,1H3,(H2,24,29)(H2,25,26,27). The van der Waals surface area contributed by atoms with Crippen LogP contribution < -0.4 is 16.4 Å². The predicted octanol–water partition coefficient (Wildman–Crippen LogP) is 2.25. The first-order valence-corrected chi connectivity index (χ1v) is 11.2. The highest BCUT2D eigenvalue weighted by molar-refractivity contribution is 5.79. The lowest BCUT2D eigenvalue weighted by Gasteiger charge is -2.30. The van der Waals surface area contributed by atoms with Gasteiger partial charge in [-0.2, -0.15) is 0 Å². The third kappa shape index (κ3) is 6.46. The maximum absolute atomic E-state index is 11.3. The van der Waals surface area contributed by atoms with E-state index in [0.717, 1.165) is 70.9 Å². The smallest absolute Gasteiger partial charge is 0.220 e. The van der Waals surface area contributed by atoms with E-state index >= 15 is 0 Å². The Morgan fingerprint density at radius 1 is 1.17 bits per heavy atom. The van der Waals surface area contributed by atoms with Crippen molar-refractivity contribution in [3.8, 4) is 0 Å². The number of rotatable bonds is 10. The summed E-state index contributed by atoms with van der Waals surface area (Å²) in [4.78, 5) is 18.6. The van der Waals surface area contributed by atoms with Crippen LogP contribution in [0.5, 0.6) is 0 Å². The van der Waals surface area contributed by atoms with Gasteiger partial charge in [-0.25, -0.2) is 0 Å². The van der Waals surface area contributed by atoms with Crippen molar-refractivity contribution >= 4 is 11.9 Å². The SMILES string of the molecule is CCNC(=NCC1(c2ccccc2)CC1)NCCCCN1CCC(C(N)=O)CC1. The van der Waals surface area contributed by atoms with Crippen LogP contribution in [0, 0.1) is 5.92 Å². The monoisotopic (exact) mass is 399 g/mol. The molecule has 1 aliphatic carbocycles. The lowest BCUT2D eigenvalue weighted by molar-refractivity contribution is -0.123. The molecule has 3 rings (SSSR count). The number of unbranched alkanes of at least 4 members (excludes halogenated alkanes) is 1. The quantitative estimate of drug-likeness (QED) is 0.320. The number of nitrogens with two attached hydrogens (primary N) is 1. The second kappa shape index (κ2) is 10.6. The molecule has 29 heavy (non-hydrogen) atoms. The lowest BCUT2D eigenvalue weighted by atomic mass is 9.96. The van der Waals surface area contributed by atoms with Crippen LogP contribution in [0.4, 0.5) is 0 Å². The van der Waals surface area contributed by atoms with E-state index < -0.39 is 0 Å². The van der Waals surface area contributed by atoms with Crippen LogP contribution in [0.25, 0.3) is 0 Å². The first kappa shape index (κ1) is 21.6. The van der Waals surface area contributed by atoms with Gasteiger partial charge in [-0.1, -0.05) is 30.3 Å². The van der Waals surface area contributed by atoms with Crippen LogP contribution in [-0.4, -0.2) is 56.0 Å². The molecule has 1 aromatic carbocycles. The topological polar surface area (TPSA) is 82.8 Å². The summed E-state index contributed by atoms with van der Waals surface area (Å²) in [7, 11) is 0. The Bertz CT molecular complexity index is 663. The largest absolute Gasteiger partial charge is 0.369 e. The number of primary amides is 1. The molecule has 1 amide bonds. The van der Waals surface area contributed by atoms with Crippen molar-refractivity contribution in [2.24, 2.45) is 16.6 Å². The van der Waals surface area contributed by atoms with E-state index in [2.05, 4.69) is 52.8 Å². The minimum absolute atomic E-state index is 0.0810. The number of aliphatic imine (C=N–C) groups is 1. The molecular formula is C23H37N5O. The average molecular weight is 400 g/mol. The Kier molecular flexibility index (Phi) is 7.92. The Hall–Kier alpha value is -2.08. The van der Waals surface area contributed by atoms with Gasteiger partial charge in [-0.3, -0.25) is 9.79 Å². The van der Waals surface area contributed by atoms with Gasteiger partial charge in [0.15, 0.2) is 5.96 Å². The maximum atomic E-state index is 11.3. The number of carbonyl (C=O) groups is 1. The van der Waals surface area contributed by atoms with Crippen molar-refractivity contribution in [2.75, 3.05) is 39.3 Å². The third-order valence-corrected chi connectivity index (χ3v) is 6.31. The van der Waals surface area contributed by atoms with Crippen molar-refractivity contribution in [2.45, 2.75) is 50.9 Å². The highest BCUT2D eigenvalue weighted by atomic mass is 16.1. The molecule has 0 radical (unpaired) electrons. The number of nitrogens with zero attached hydrogens (tertiary/aromatic N) is 2. The first-order valence-electron chi connectivity index (χ1n) is 11.2. The zero-order valence-electron chi connectivity index (χ0n) is 17.8. The van der Waals surface area contributed by atoms with Gasteiger partial charge in [0.05, 0.1) is 6.54 Å². The number of piperidine rings is 1. The Labute approximate surface area is 175 Å². The van der Waals surface area contributed by atoms with Gasteiger partial charge >= 0.3 is 0 Å². The second-order valence-electron chi connectivity index (χ2n) is 8.49. The maximum Gasteiger partial charge on any atom is 0.220 e. The summed E-state index contributed by atoms with van der Waals surface area (Å²) in [5.41, 5.74) is 7.08. The summed E-state index contributed by atoms with van der Waals surface area (Å²) in [6.07, 6.45) is 6.55. The molecule has 1 saturated carbocycles. The summed E-state index contributed by atoms with van der Waals surface area (Å²) >= 11 is 0. The van der Waals surface area contributed by atoms with Gasteiger partial charge in [0.2, 0.25) is 5.91 Å². The minimum atomic E-state index is -0.135. The van der Waals surface area contributed by atoms with E-state index in [0.29, 0.717) is 0 Å². The summed E-state index contributed by atoms with van der Waals surface area (Å²) in [5.74, 6) is 0.874. The van der Waals surface area contributed by atoms with E-state index in [1.165, 1.54) is 18.4 Å². The number of hydrogen-bond acceptors (Lipinski definition) is 3. The van der Waals surface area contributed by atoms with Crippen LogP contribution in [-0.2, 0) is 10.2 Å². The van der Waals surface area contributed by atoms with E-state index in [-0.39, 0.29) is 17.2 Å². The van der Waals surface area contributed by atoms with Gasteiger partial charge < -0.3 is 21.3 Å². The molecule has 1 heterocycles. The van der Waals surface area contributed by atoms with Crippen molar-refractivity contribution in [1.29, 1.82) is 0 Å². The molecule has 0 spiro atoms. The molecule has 6 heteroatoms. The number of guanidine groups is 1. The summed E-state index contributed by atoms with van der Waals surface area (Å²) < 4.78 is 0. The molecule has 1 aliphatic heterocycles. The highest BCUT2D eigenvalue weighted by Crippen LogP contribution is 2.48. The minimum Gasteiger partial charge on any atom is -0.369 e. The number of likely N-dealkylation sites (tertiary alicyclic amines) is 1. The zero-order valence-corrected chi connectivity index (χ0v) is 17.8. The van der Waals surface area contributed by atoms with E-state index in [4.69, 9.17) is 10.7 Å². The number of hydrogen-bond donors (Lipinski definition) is 3. The number of amides is 1. The third-order valence-electron chi connectivity index (χ3n) is 6.31. The molecule has 4 N–H and O–H groups in total. The van der Waals surface area contributed by atoms with Crippen LogP contribution in [0.1, 0.15) is 51.0 Å². The van der Waals surface area contributed by atoms with Gasteiger partial charge in [0, 0.05) is 24.4 Å². The van der Waals surface area contributed by atoms with Crippen molar-refractivity contribution in [1.82, 2.24) is 15.5 Å². The van der Waals surface area contributed by atoms with E-state index in [1.54, 1.807) is 0 Å². The molecule has 160 valence electrons. The molecule has 0 unspecified atom stereocenters. The molecule has 0 atom stereocenters. The predicted molar refractivity (Wildman–Crippen MR) is 119 cm³/mol. The average Bonchev–Trinajstić information content (AvgIpc) is 3.54. The second-order valence-corrected chi connectivity index (χ2v) is 8.49. The molecule has 0 bridgehead atoms. The van der Waals surface area contributed by atoms with Crippen molar-refractivity contribution < 1.29 is 4.79 Å². The Morgan fingerprint density at radius 2 is 1.90 bits per heavy atom. The highest BCUT2D eigenvalue weighted by Gasteiger charge is 2.43. The summed E-state index contributed by atoms with van der Waals surface area (Å²) in [6, 6.07) is 10.8. The van der Waals surface area contributed by atoms with E-state index in [1.807, 2.05) is 0 Å². The van der Waals surface area contributed by atoms with Crippen molar-refractivity contribution in [3.05, 3.63) is 35.9 Å². The molecule has 1 aromatic rings. The fourth-order valence-electron chi connectivity index (χ4n) is 4.16. The fourth-order valence-corrected chi connectivity index (χ4v) is 4.16. The molecule has 2 aliphatic rings. The number of nitrogens with one attached hydrogen (secondary N) is 2. The van der Waals surface area contributed by atoms with Crippen LogP contribution in [0.2, 0.25) is 0 Å². The number of carbonyl (C=O) groups excluding carboxylic acids is 1. The summed E-state index contributed by atoms with van der Waals surface area (Å²) in [6.45, 7) is 7.84. The first-order chi connectivity index (χ1) is 14.1. The molecule has 2 fully saturated rings. The summed E-state index contributed by atoms with van der Waals surface area (Å²) in [5, 5.41) is 6.87. The van der Waals surface area contributed by atoms with Gasteiger partial charge in [0.1, 0.15) is 0 Å². The van der Waals surface area contributed by atoms with Crippen molar-refractivity contribution in [3.63, 3.8) is 0 Å². The van der Waals surface area contributed by atoms with Crippen LogP contribution >= 0.6 is 0 Å². The van der Waals surface area contributed by atoms with Gasteiger partial charge in [-0.05, 0) is 70.6 Å². The molecule has 1 saturated heterocycles. The lowest BCUT2D eigenvalue weighted by Crippen LogP contribution is -2.40. The number of benzene rings is 1. The van der Waals surface area contributed by atoms with E-state index in [9.17, 15) is 4.79 Å². The molecular weight excluding hydrogens is 362 g/mol. The normalized spacial score (nSPS) is 19.7. The molecule has 0 aromatic heterocycles. The Balaban J connectivity index is 1.36. The molecule has 6 nitrogen and oxygen atoms in total. The van der Waals surface area contributed by atoms with Gasteiger partial charge in [0.25, 0.3) is 0 Å².